The fourth-order valence-electron chi connectivity index (χ4n) is 1.74. The van der Waals surface area contributed by atoms with E-state index in [1.807, 2.05) is 6.92 Å². The minimum Gasteiger partial charge on any atom is -0.352 e. The number of alkyl halides is 1. The summed E-state index contributed by atoms with van der Waals surface area (Å²) in [5.41, 5.74) is 0. The van der Waals surface area contributed by atoms with Crippen molar-refractivity contribution < 1.29 is 4.79 Å². The highest BCUT2D eigenvalue weighted by Crippen LogP contribution is 2.17. The summed E-state index contributed by atoms with van der Waals surface area (Å²) in [5.74, 6) is 0.131. The van der Waals surface area contributed by atoms with Gasteiger partial charge < -0.3 is 5.32 Å². The Kier molecular flexibility index (Phi) is 4.78. The minimum absolute atomic E-state index is 0.0595. The Balaban J connectivity index is 2.29. The molecule has 1 rings (SSSR count). The van der Waals surface area contributed by atoms with E-state index in [0.717, 1.165) is 12.8 Å². The summed E-state index contributed by atoms with van der Waals surface area (Å²) in [4.78, 5) is 11.3. The van der Waals surface area contributed by atoms with Crippen LogP contribution in [0.2, 0.25) is 0 Å². The second-order valence-corrected chi connectivity index (χ2v) is 5.19. The summed E-state index contributed by atoms with van der Waals surface area (Å²) in [5, 5.41) is 3.07. The first-order valence-electron chi connectivity index (χ1n) is 5.14. The summed E-state index contributed by atoms with van der Waals surface area (Å²) >= 11 is 3.27. The number of halogens is 1. The van der Waals surface area contributed by atoms with Crippen molar-refractivity contribution >= 4 is 21.8 Å². The molecule has 0 aromatic heterocycles. The largest absolute Gasteiger partial charge is 0.352 e. The number of hydrogen-bond donors (Lipinski definition) is 1. The van der Waals surface area contributed by atoms with Crippen molar-refractivity contribution in [3.8, 4) is 0 Å². The molecular weight excluding hydrogens is 230 g/mol. The third-order valence-corrected chi connectivity index (χ3v) is 2.98. The lowest BCUT2D eigenvalue weighted by atomic mass is 10.1. The minimum atomic E-state index is -0.0595. The second kappa shape index (κ2) is 5.63. The number of carbonyl (C=O) groups is 1. The molecule has 3 heteroatoms. The van der Waals surface area contributed by atoms with Gasteiger partial charge in [0, 0.05) is 6.04 Å². The zero-order chi connectivity index (χ0) is 9.68. The molecule has 1 amide bonds. The average molecular weight is 248 g/mol. The molecule has 2 nitrogen and oxygen atoms in total. The fourth-order valence-corrected chi connectivity index (χ4v) is 1.87. The lowest BCUT2D eigenvalue weighted by Gasteiger charge is -2.16. The number of carbonyl (C=O) groups excluding carboxylic acids is 1. The molecule has 76 valence electrons. The molecule has 1 unspecified atom stereocenters. The third-order valence-electron chi connectivity index (χ3n) is 2.56. The lowest BCUT2D eigenvalue weighted by molar-refractivity contribution is -0.120. The average Bonchev–Trinajstić information content (AvgIpc) is 2.32. The van der Waals surface area contributed by atoms with Crippen LogP contribution in [0.15, 0.2) is 0 Å². The van der Waals surface area contributed by atoms with Crippen LogP contribution < -0.4 is 5.32 Å². The molecule has 1 fully saturated rings. The van der Waals surface area contributed by atoms with Crippen LogP contribution in [0.1, 0.15) is 45.4 Å². The van der Waals surface area contributed by atoms with E-state index in [9.17, 15) is 4.79 Å². The topological polar surface area (TPSA) is 29.1 Å². The van der Waals surface area contributed by atoms with Crippen molar-refractivity contribution in [2.24, 2.45) is 0 Å². The van der Waals surface area contributed by atoms with Crippen LogP contribution in [0.5, 0.6) is 0 Å². The van der Waals surface area contributed by atoms with E-state index in [0.29, 0.717) is 6.04 Å². The van der Waals surface area contributed by atoms with Gasteiger partial charge in [0.1, 0.15) is 0 Å². The molecular formula is C10H18BrNO. The van der Waals surface area contributed by atoms with Crippen molar-refractivity contribution in [2.45, 2.75) is 56.3 Å². The van der Waals surface area contributed by atoms with Crippen LogP contribution in [0, 0.1) is 0 Å². The Bertz CT molecular complexity index is 162. The molecule has 1 N–H and O–H groups in total. The van der Waals surface area contributed by atoms with E-state index in [4.69, 9.17) is 0 Å². The Morgan fingerprint density at radius 2 is 1.85 bits per heavy atom. The van der Waals surface area contributed by atoms with E-state index in [1.165, 1.54) is 25.7 Å². The van der Waals surface area contributed by atoms with Crippen LogP contribution in [-0.4, -0.2) is 16.8 Å². The highest BCUT2D eigenvalue weighted by Gasteiger charge is 2.16. The van der Waals surface area contributed by atoms with E-state index in [-0.39, 0.29) is 10.7 Å². The number of rotatable bonds is 2. The second-order valence-electron chi connectivity index (χ2n) is 3.81. The highest BCUT2D eigenvalue weighted by molar-refractivity contribution is 9.10. The first-order chi connectivity index (χ1) is 6.20. The van der Waals surface area contributed by atoms with E-state index in [1.54, 1.807) is 0 Å². The lowest BCUT2D eigenvalue weighted by Crippen LogP contribution is -2.38. The van der Waals surface area contributed by atoms with Gasteiger partial charge in [-0.3, -0.25) is 4.79 Å². The Hall–Kier alpha value is -0.0500. The first kappa shape index (κ1) is 11.0. The Morgan fingerprint density at radius 3 is 2.31 bits per heavy atom. The maximum absolute atomic E-state index is 11.4. The van der Waals surface area contributed by atoms with Gasteiger partial charge in [0.15, 0.2) is 0 Å². The summed E-state index contributed by atoms with van der Waals surface area (Å²) in [6.07, 6.45) is 7.51. The van der Waals surface area contributed by atoms with Gasteiger partial charge in [0.05, 0.1) is 4.83 Å². The van der Waals surface area contributed by atoms with Gasteiger partial charge >= 0.3 is 0 Å². The standard InChI is InChI=1S/C10H18BrNO/c1-8(11)10(13)12-9-6-4-2-3-5-7-9/h8-9H,2-7H2,1H3,(H,12,13). The molecule has 1 atom stereocenters. The highest BCUT2D eigenvalue weighted by atomic mass is 79.9. The maximum Gasteiger partial charge on any atom is 0.233 e. The van der Waals surface area contributed by atoms with Crippen LogP contribution in [0.25, 0.3) is 0 Å². The van der Waals surface area contributed by atoms with Crippen LogP contribution in [0.4, 0.5) is 0 Å². The quantitative estimate of drug-likeness (QED) is 0.590. The molecule has 0 radical (unpaired) electrons. The first-order valence-corrected chi connectivity index (χ1v) is 6.06. The van der Waals surface area contributed by atoms with Gasteiger partial charge in [-0.05, 0) is 19.8 Å². The van der Waals surface area contributed by atoms with Crippen molar-refractivity contribution in [2.75, 3.05) is 0 Å². The third kappa shape index (κ3) is 4.12. The molecule has 0 aliphatic heterocycles. The molecule has 0 heterocycles. The summed E-state index contributed by atoms with van der Waals surface area (Å²) in [7, 11) is 0. The van der Waals surface area contributed by atoms with Crippen molar-refractivity contribution in [1.82, 2.24) is 5.32 Å². The van der Waals surface area contributed by atoms with Crippen molar-refractivity contribution in [3.63, 3.8) is 0 Å². The van der Waals surface area contributed by atoms with Gasteiger partial charge in [-0.15, -0.1) is 0 Å². The van der Waals surface area contributed by atoms with Gasteiger partial charge in [0.2, 0.25) is 5.91 Å². The molecule has 1 saturated carbocycles. The van der Waals surface area contributed by atoms with E-state index < -0.39 is 0 Å². The number of amides is 1. The molecule has 0 bridgehead atoms. The summed E-state index contributed by atoms with van der Waals surface area (Å²) in [6.45, 7) is 1.87. The number of hydrogen-bond acceptors (Lipinski definition) is 1. The molecule has 13 heavy (non-hydrogen) atoms. The summed E-state index contributed by atoms with van der Waals surface area (Å²) in [6, 6.07) is 0.426. The monoisotopic (exact) mass is 247 g/mol. The number of nitrogens with one attached hydrogen (secondary N) is 1. The zero-order valence-electron chi connectivity index (χ0n) is 8.18. The smallest absolute Gasteiger partial charge is 0.233 e. The van der Waals surface area contributed by atoms with Gasteiger partial charge in [-0.1, -0.05) is 41.6 Å². The fraction of sp³-hybridized carbons (Fsp3) is 0.900. The normalized spacial score (nSPS) is 22.0. The molecule has 1 aliphatic carbocycles. The SMILES string of the molecule is CC(Br)C(=O)NC1CCCCCC1. The molecule has 0 spiro atoms. The van der Waals surface area contributed by atoms with Crippen LogP contribution in [0.3, 0.4) is 0 Å². The van der Waals surface area contributed by atoms with E-state index in [2.05, 4.69) is 21.2 Å². The molecule has 1 aliphatic rings. The van der Waals surface area contributed by atoms with Gasteiger partial charge in [-0.2, -0.15) is 0 Å². The Labute approximate surface area is 88.6 Å². The predicted molar refractivity (Wildman–Crippen MR) is 58.0 cm³/mol. The van der Waals surface area contributed by atoms with E-state index >= 15 is 0 Å². The van der Waals surface area contributed by atoms with Gasteiger partial charge in [-0.25, -0.2) is 0 Å². The Morgan fingerprint density at radius 1 is 1.31 bits per heavy atom. The summed E-state index contributed by atoms with van der Waals surface area (Å²) < 4.78 is 0. The van der Waals surface area contributed by atoms with Crippen LogP contribution in [-0.2, 0) is 4.79 Å². The molecule has 0 saturated heterocycles. The van der Waals surface area contributed by atoms with Gasteiger partial charge in [0.25, 0.3) is 0 Å². The predicted octanol–water partition coefficient (Wildman–Crippen LogP) is 2.61. The zero-order valence-corrected chi connectivity index (χ0v) is 9.77. The van der Waals surface area contributed by atoms with Crippen molar-refractivity contribution in [3.05, 3.63) is 0 Å². The molecule has 0 aromatic rings. The van der Waals surface area contributed by atoms with Crippen LogP contribution >= 0.6 is 15.9 Å². The maximum atomic E-state index is 11.4. The molecule has 0 aromatic carbocycles. The van der Waals surface area contributed by atoms with Crippen molar-refractivity contribution in [1.29, 1.82) is 0 Å².